The molecule has 0 spiro atoms. The Hall–Kier alpha value is -2.23. The van der Waals surface area contributed by atoms with E-state index in [0.29, 0.717) is 12.3 Å². The van der Waals surface area contributed by atoms with Crippen LogP contribution in [-0.4, -0.2) is 13.0 Å². The maximum absolute atomic E-state index is 11.7. The molecule has 1 amide bonds. The number of carbonyl (C=O) groups excluding carboxylic acids is 1. The van der Waals surface area contributed by atoms with Crippen molar-refractivity contribution in [2.24, 2.45) is 0 Å². The van der Waals surface area contributed by atoms with Crippen LogP contribution in [0.3, 0.4) is 0 Å². The molecule has 0 aliphatic rings. The van der Waals surface area contributed by atoms with Gasteiger partial charge in [-0.1, -0.05) is 12.1 Å². The van der Waals surface area contributed by atoms with Gasteiger partial charge in [0.05, 0.1) is 13.4 Å². The van der Waals surface area contributed by atoms with Crippen molar-refractivity contribution in [3.63, 3.8) is 0 Å². The number of nitrogens with one attached hydrogen (secondary N) is 1. The monoisotopic (exact) mass is 245 g/mol. The van der Waals surface area contributed by atoms with E-state index in [1.165, 1.54) is 6.26 Å². The zero-order chi connectivity index (χ0) is 13.0. The molecule has 2 rings (SSSR count). The summed E-state index contributed by atoms with van der Waals surface area (Å²) in [6, 6.07) is 9.13. The van der Waals surface area contributed by atoms with Gasteiger partial charge < -0.3 is 14.5 Å². The van der Waals surface area contributed by atoms with Gasteiger partial charge in [0.2, 0.25) is 0 Å². The highest BCUT2D eigenvalue weighted by molar-refractivity contribution is 5.91. The Morgan fingerprint density at radius 3 is 2.83 bits per heavy atom. The molecule has 1 aromatic carbocycles. The van der Waals surface area contributed by atoms with Crippen molar-refractivity contribution in [1.82, 2.24) is 5.32 Å². The van der Waals surface area contributed by atoms with E-state index in [0.717, 1.165) is 16.9 Å². The molecule has 1 aromatic heterocycles. The molecule has 4 nitrogen and oxygen atoms in total. The minimum absolute atomic E-state index is 0.214. The molecule has 0 aliphatic carbocycles. The third-order valence-electron chi connectivity index (χ3n) is 2.66. The number of ether oxygens (including phenoxy) is 1. The first-order chi connectivity index (χ1) is 8.70. The van der Waals surface area contributed by atoms with Crippen molar-refractivity contribution < 1.29 is 13.9 Å². The number of aryl methyl sites for hydroxylation is 1. The van der Waals surface area contributed by atoms with Crippen LogP contribution >= 0.6 is 0 Å². The molecular weight excluding hydrogens is 230 g/mol. The summed E-state index contributed by atoms with van der Waals surface area (Å²) in [5.74, 6) is 0.949. The van der Waals surface area contributed by atoms with Crippen LogP contribution in [0, 0.1) is 6.92 Å². The normalized spacial score (nSPS) is 10.1. The lowest BCUT2D eigenvalue weighted by Gasteiger charge is -2.08. The lowest BCUT2D eigenvalue weighted by atomic mass is 10.1. The zero-order valence-corrected chi connectivity index (χ0v) is 10.4. The molecular formula is C14H15NO3. The van der Waals surface area contributed by atoms with Gasteiger partial charge in [0.25, 0.3) is 5.91 Å². The number of hydrogen-bond acceptors (Lipinski definition) is 3. The Kier molecular flexibility index (Phi) is 3.67. The topological polar surface area (TPSA) is 51.5 Å². The maximum Gasteiger partial charge on any atom is 0.287 e. The predicted molar refractivity (Wildman–Crippen MR) is 67.6 cm³/mol. The highest BCUT2D eigenvalue weighted by atomic mass is 16.5. The van der Waals surface area contributed by atoms with Crippen molar-refractivity contribution in [2.75, 3.05) is 7.11 Å². The second-order valence-corrected chi connectivity index (χ2v) is 3.96. The average Bonchev–Trinajstić information content (AvgIpc) is 2.90. The minimum Gasteiger partial charge on any atom is -0.496 e. The lowest BCUT2D eigenvalue weighted by molar-refractivity contribution is 0.0923. The molecule has 94 valence electrons. The largest absolute Gasteiger partial charge is 0.496 e. The Labute approximate surface area is 106 Å². The SMILES string of the molecule is COc1ccc(CNC(=O)c2ccco2)cc1C. The van der Waals surface area contributed by atoms with E-state index < -0.39 is 0 Å². The van der Waals surface area contributed by atoms with Gasteiger partial charge in [-0.3, -0.25) is 4.79 Å². The molecule has 0 saturated heterocycles. The summed E-state index contributed by atoms with van der Waals surface area (Å²) in [6.07, 6.45) is 1.48. The minimum atomic E-state index is -0.214. The second kappa shape index (κ2) is 5.40. The van der Waals surface area contributed by atoms with Crippen molar-refractivity contribution in [2.45, 2.75) is 13.5 Å². The Morgan fingerprint density at radius 2 is 2.22 bits per heavy atom. The quantitative estimate of drug-likeness (QED) is 0.900. The van der Waals surface area contributed by atoms with E-state index in [4.69, 9.17) is 9.15 Å². The predicted octanol–water partition coefficient (Wildman–Crippen LogP) is 2.53. The van der Waals surface area contributed by atoms with E-state index in [2.05, 4.69) is 5.32 Å². The molecule has 1 heterocycles. The van der Waals surface area contributed by atoms with Crippen LogP contribution in [0.15, 0.2) is 41.0 Å². The van der Waals surface area contributed by atoms with Crippen LogP contribution in [0.4, 0.5) is 0 Å². The summed E-state index contributed by atoms with van der Waals surface area (Å²) in [4.78, 5) is 11.7. The fourth-order valence-corrected chi connectivity index (χ4v) is 1.73. The van der Waals surface area contributed by atoms with Crippen molar-refractivity contribution in [1.29, 1.82) is 0 Å². The van der Waals surface area contributed by atoms with E-state index in [9.17, 15) is 4.79 Å². The van der Waals surface area contributed by atoms with Gasteiger partial charge in [0.15, 0.2) is 5.76 Å². The van der Waals surface area contributed by atoms with Crippen LogP contribution in [-0.2, 0) is 6.54 Å². The molecule has 18 heavy (non-hydrogen) atoms. The summed E-state index contributed by atoms with van der Waals surface area (Å²) < 4.78 is 10.2. The first kappa shape index (κ1) is 12.2. The maximum atomic E-state index is 11.7. The summed E-state index contributed by atoms with van der Waals surface area (Å²) in [5, 5.41) is 2.79. The fraction of sp³-hybridized carbons (Fsp3) is 0.214. The van der Waals surface area contributed by atoms with E-state index in [1.807, 2.05) is 25.1 Å². The van der Waals surface area contributed by atoms with Gasteiger partial charge in [-0.2, -0.15) is 0 Å². The smallest absolute Gasteiger partial charge is 0.287 e. The number of benzene rings is 1. The molecule has 0 bridgehead atoms. The highest BCUT2D eigenvalue weighted by Crippen LogP contribution is 2.18. The molecule has 0 fully saturated rings. The lowest BCUT2D eigenvalue weighted by Crippen LogP contribution is -2.22. The third kappa shape index (κ3) is 2.71. The number of rotatable bonds is 4. The molecule has 0 atom stereocenters. The van der Waals surface area contributed by atoms with Gasteiger partial charge in [-0.25, -0.2) is 0 Å². The van der Waals surface area contributed by atoms with Crippen LogP contribution in [0.25, 0.3) is 0 Å². The third-order valence-corrected chi connectivity index (χ3v) is 2.66. The fourth-order valence-electron chi connectivity index (χ4n) is 1.73. The molecule has 0 radical (unpaired) electrons. The van der Waals surface area contributed by atoms with Crippen molar-refractivity contribution in [3.05, 3.63) is 53.5 Å². The molecule has 0 unspecified atom stereocenters. The van der Waals surface area contributed by atoms with E-state index >= 15 is 0 Å². The Bertz CT molecular complexity index is 532. The van der Waals surface area contributed by atoms with E-state index in [-0.39, 0.29) is 5.91 Å². The van der Waals surface area contributed by atoms with Gasteiger partial charge in [0.1, 0.15) is 5.75 Å². The first-order valence-electron chi connectivity index (χ1n) is 5.66. The first-order valence-corrected chi connectivity index (χ1v) is 5.66. The number of methoxy groups -OCH3 is 1. The average molecular weight is 245 g/mol. The Morgan fingerprint density at radius 1 is 1.39 bits per heavy atom. The Balaban J connectivity index is 1.98. The van der Waals surface area contributed by atoms with Gasteiger partial charge in [-0.05, 0) is 36.2 Å². The van der Waals surface area contributed by atoms with Crippen molar-refractivity contribution in [3.8, 4) is 5.75 Å². The zero-order valence-electron chi connectivity index (χ0n) is 10.4. The number of furan rings is 1. The summed E-state index contributed by atoms with van der Waals surface area (Å²) >= 11 is 0. The standard InChI is InChI=1S/C14H15NO3/c1-10-8-11(5-6-12(10)17-2)9-15-14(16)13-4-3-7-18-13/h3-8H,9H2,1-2H3,(H,15,16). The summed E-state index contributed by atoms with van der Waals surface area (Å²) in [7, 11) is 1.64. The molecule has 2 aromatic rings. The summed E-state index contributed by atoms with van der Waals surface area (Å²) in [6.45, 7) is 2.43. The van der Waals surface area contributed by atoms with Gasteiger partial charge in [-0.15, -0.1) is 0 Å². The molecule has 4 heteroatoms. The summed E-state index contributed by atoms with van der Waals surface area (Å²) in [5.41, 5.74) is 2.07. The second-order valence-electron chi connectivity index (χ2n) is 3.96. The molecule has 1 N–H and O–H groups in total. The van der Waals surface area contributed by atoms with E-state index in [1.54, 1.807) is 19.2 Å². The highest BCUT2D eigenvalue weighted by Gasteiger charge is 2.08. The molecule has 0 saturated carbocycles. The van der Waals surface area contributed by atoms with Crippen LogP contribution in [0.2, 0.25) is 0 Å². The van der Waals surface area contributed by atoms with Crippen molar-refractivity contribution >= 4 is 5.91 Å². The number of carbonyl (C=O) groups is 1. The van der Waals surface area contributed by atoms with Crippen LogP contribution < -0.4 is 10.1 Å². The number of hydrogen-bond donors (Lipinski definition) is 1. The van der Waals surface area contributed by atoms with Gasteiger partial charge >= 0.3 is 0 Å². The van der Waals surface area contributed by atoms with Crippen LogP contribution in [0.1, 0.15) is 21.7 Å². The van der Waals surface area contributed by atoms with Gasteiger partial charge in [0, 0.05) is 6.54 Å². The number of amides is 1. The van der Waals surface area contributed by atoms with Crippen LogP contribution in [0.5, 0.6) is 5.75 Å². The molecule has 0 aliphatic heterocycles.